The molecule has 20 heavy (non-hydrogen) atoms. The lowest BCUT2D eigenvalue weighted by molar-refractivity contribution is 0.0946. The number of benzene rings is 2. The van der Waals surface area contributed by atoms with Crippen molar-refractivity contribution in [2.24, 2.45) is 0 Å². The fraction of sp³-hybridized carbons (Fsp3) is 0.133. The number of rotatable bonds is 5. The number of ether oxygens (including phenoxy) is 1. The molecule has 0 radical (unpaired) electrons. The molecule has 4 nitrogen and oxygen atoms in total. The second-order valence-electron chi connectivity index (χ2n) is 4.16. The van der Waals surface area contributed by atoms with Crippen LogP contribution < -0.4 is 15.8 Å². The van der Waals surface area contributed by atoms with Crippen LogP contribution in [0, 0.1) is 0 Å². The standard InChI is InChI=1S/C15H15BrN2O2/c16-14-7-6-11(17)10-13(14)15(19)18-8-9-20-12-4-2-1-3-5-12/h1-7,10H,8-9,17H2,(H,18,19). The van der Waals surface area contributed by atoms with Crippen molar-refractivity contribution < 1.29 is 9.53 Å². The zero-order chi connectivity index (χ0) is 14.4. The van der Waals surface area contributed by atoms with Gasteiger partial charge in [0.05, 0.1) is 12.1 Å². The number of hydrogen-bond acceptors (Lipinski definition) is 3. The van der Waals surface area contributed by atoms with E-state index in [1.807, 2.05) is 30.3 Å². The van der Waals surface area contributed by atoms with Gasteiger partial charge < -0.3 is 15.8 Å². The van der Waals surface area contributed by atoms with Crippen LogP contribution in [0.2, 0.25) is 0 Å². The van der Waals surface area contributed by atoms with E-state index < -0.39 is 0 Å². The molecule has 0 fully saturated rings. The van der Waals surface area contributed by atoms with E-state index in [4.69, 9.17) is 10.5 Å². The third kappa shape index (κ3) is 3.99. The van der Waals surface area contributed by atoms with Gasteiger partial charge >= 0.3 is 0 Å². The van der Waals surface area contributed by atoms with Crippen LogP contribution in [0.15, 0.2) is 53.0 Å². The Morgan fingerprint density at radius 1 is 1.20 bits per heavy atom. The summed E-state index contributed by atoms with van der Waals surface area (Å²) in [7, 11) is 0. The molecule has 0 saturated carbocycles. The molecule has 2 rings (SSSR count). The van der Waals surface area contributed by atoms with E-state index >= 15 is 0 Å². The van der Waals surface area contributed by atoms with Crippen molar-refractivity contribution in [3.05, 3.63) is 58.6 Å². The van der Waals surface area contributed by atoms with Gasteiger partial charge in [-0.1, -0.05) is 18.2 Å². The lowest BCUT2D eigenvalue weighted by Gasteiger charge is -2.09. The molecule has 0 unspecified atom stereocenters. The van der Waals surface area contributed by atoms with Crippen LogP contribution in [0.3, 0.4) is 0 Å². The molecule has 0 aliphatic heterocycles. The Labute approximate surface area is 126 Å². The largest absolute Gasteiger partial charge is 0.492 e. The summed E-state index contributed by atoms with van der Waals surface area (Å²) in [5.74, 6) is 0.604. The van der Waals surface area contributed by atoms with Crippen molar-refractivity contribution >= 4 is 27.5 Å². The molecule has 104 valence electrons. The van der Waals surface area contributed by atoms with Crippen LogP contribution in [0.4, 0.5) is 5.69 Å². The number of para-hydroxylation sites is 1. The number of carbonyl (C=O) groups excluding carboxylic acids is 1. The molecule has 0 saturated heterocycles. The molecule has 0 bridgehead atoms. The Hall–Kier alpha value is -2.01. The number of amides is 1. The second kappa shape index (κ2) is 6.96. The molecule has 2 aromatic carbocycles. The summed E-state index contributed by atoms with van der Waals surface area (Å²) in [4.78, 5) is 12.0. The lowest BCUT2D eigenvalue weighted by atomic mass is 10.2. The van der Waals surface area contributed by atoms with E-state index in [0.29, 0.717) is 28.9 Å². The SMILES string of the molecule is Nc1ccc(Br)c(C(=O)NCCOc2ccccc2)c1. The van der Waals surface area contributed by atoms with Gasteiger partial charge in [-0.3, -0.25) is 4.79 Å². The van der Waals surface area contributed by atoms with Gasteiger partial charge in [0.25, 0.3) is 5.91 Å². The first kappa shape index (κ1) is 14.4. The summed E-state index contributed by atoms with van der Waals surface area (Å²) in [5.41, 5.74) is 6.74. The van der Waals surface area contributed by atoms with Crippen molar-refractivity contribution in [2.45, 2.75) is 0 Å². The predicted molar refractivity (Wildman–Crippen MR) is 82.8 cm³/mol. The van der Waals surface area contributed by atoms with Crippen LogP contribution in [0.1, 0.15) is 10.4 Å². The third-order valence-corrected chi connectivity index (χ3v) is 3.33. The molecule has 3 N–H and O–H groups in total. The monoisotopic (exact) mass is 334 g/mol. The molecule has 0 aliphatic rings. The van der Waals surface area contributed by atoms with Crippen LogP contribution in [0.25, 0.3) is 0 Å². The van der Waals surface area contributed by atoms with Crippen molar-refractivity contribution in [3.8, 4) is 5.75 Å². The Bertz CT molecular complexity index is 588. The molecular weight excluding hydrogens is 320 g/mol. The predicted octanol–water partition coefficient (Wildman–Crippen LogP) is 2.84. The quantitative estimate of drug-likeness (QED) is 0.652. The van der Waals surface area contributed by atoms with Gasteiger partial charge in [0.15, 0.2) is 0 Å². The van der Waals surface area contributed by atoms with Gasteiger partial charge in [-0.25, -0.2) is 0 Å². The summed E-state index contributed by atoms with van der Waals surface area (Å²) < 4.78 is 6.21. The molecular formula is C15H15BrN2O2. The summed E-state index contributed by atoms with van der Waals surface area (Å²) in [6.45, 7) is 0.838. The average molecular weight is 335 g/mol. The Morgan fingerprint density at radius 2 is 1.95 bits per heavy atom. The Kier molecular flexibility index (Phi) is 5.01. The number of halogens is 1. The highest BCUT2D eigenvalue weighted by Gasteiger charge is 2.09. The van der Waals surface area contributed by atoms with Crippen LogP contribution in [-0.2, 0) is 0 Å². The van der Waals surface area contributed by atoms with E-state index in [0.717, 1.165) is 5.75 Å². The number of anilines is 1. The lowest BCUT2D eigenvalue weighted by Crippen LogP contribution is -2.28. The van der Waals surface area contributed by atoms with Crippen molar-refractivity contribution in [3.63, 3.8) is 0 Å². The minimum absolute atomic E-state index is 0.180. The maximum absolute atomic E-state index is 12.0. The van der Waals surface area contributed by atoms with Gasteiger partial charge in [-0.2, -0.15) is 0 Å². The molecule has 0 heterocycles. The number of carbonyl (C=O) groups is 1. The maximum Gasteiger partial charge on any atom is 0.252 e. The normalized spacial score (nSPS) is 10.1. The van der Waals surface area contributed by atoms with Crippen LogP contribution in [-0.4, -0.2) is 19.1 Å². The highest BCUT2D eigenvalue weighted by molar-refractivity contribution is 9.10. The number of nitrogens with two attached hydrogens (primary N) is 1. The molecule has 1 amide bonds. The van der Waals surface area contributed by atoms with E-state index in [1.54, 1.807) is 18.2 Å². The van der Waals surface area contributed by atoms with E-state index in [1.165, 1.54) is 0 Å². The Morgan fingerprint density at radius 3 is 2.70 bits per heavy atom. The van der Waals surface area contributed by atoms with Crippen molar-refractivity contribution in [2.75, 3.05) is 18.9 Å². The van der Waals surface area contributed by atoms with E-state index in [-0.39, 0.29) is 5.91 Å². The highest BCUT2D eigenvalue weighted by atomic mass is 79.9. The fourth-order valence-corrected chi connectivity index (χ4v) is 2.09. The maximum atomic E-state index is 12.0. The van der Waals surface area contributed by atoms with Crippen LogP contribution in [0.5, 0.6) is 5.75 Å². The molecule has 5 heteroatoms. The average Bonchev–Trinajstić information content (AvgIpc) is 2.47. The van der Waals surface area contributed by atoms with Crippen molar-refractivity contribution in [1.29, 1.82) is 0 Å². The van der Waals surface area contributed by atoms with Gasteiger partial charge in [0, 0.05) is 10.2 Å². The van der Waals surface area contributed by atoms with Crippen LogP contribution >= 0.6 is 15.9 Å². The van der Waals surface area contributed by atoms with E-state index in [2.05, 4.69) is 21.2 Å². The first-order valence-corrected chi connectivity index (χ1v) is 6.97. The zero-order valence-electron chi connectivity index (χ0n) is 10.8. The number of nitrogen functional groups attached to an aromatic ring is 1. The van der Waals surface area contributed by atoms with Gasteiger partial charge in [0.2, 0.25) is 0 Å². The van der Waals surface area contributed by atoms with Gasteiger partial charge in [-0.15, -0.1) is 0 Å². The number of hydrogen-bond donors (Lipinski definition) is 2. The smallest absolute Gasteiger partial charge is 0.252 e. The minimum atomic E-state index is -0.180. The fourth-order valence-electron chi connectivity index (χ4n) is 1.66. The summed E-state index contributed by atoms with van der Waals surface area (Å²) in [5, 5.41) is 2.79. The minimum Gasteiger partial charge on any atom is -0.492 e. The van der Waals surface area contributed by atoms with E-state index in [9.17, 15) is 4.79 Å². The topological polar surface area (TPSA) is 64.4 Å². The first-order chi connectivity index (χ1) is 9.66. The summed E-state index contributed by atoms with van der Waals surface area (Å²) in [6, 6.07) is 14.6. The third-order valence-electron chi connectivity index (χ3n) is 2.63. The summed E-state index contributed by atoms with van der Waals surface area (Å²) in [6.07, 6.45) is 0. The molecule has 0 aliphatic carbocycles. The van der Waals surface area contributed by atoms with Gasteiger partial charge in [-0.05, 0) is 46.3 Å². The van der Waals surface area contributed by atoms with Crippen molar-refractivity contribution in [1.82, 2.24) is 5.32 Å². The Balaban J connectivity index is 1.82. The van der Waals surface area contributed by atoms with Gasteiger partial charge in [0.1, 0.15) is 12.4 Å². The molecule has 0 spiro atoms. The molecule has 2 aromatic rings. The number of nitrogens with one attached hydrogen (secondary N) is 1. The molecule has 0 aromatic heterocycles. The molecule has 0 atom stereocenters. The highest BCUT2D eigenvalue weighted by Crippen LogP contribution is 2.19. The second-order valence-corrected chi connectivity index (χ2v) is 5.01. The zero-order valence-corrected chi connectivity index (χ0v) is 12.4. The first-order valence-electron chi connectivity index (χ1n) is 6.18. The summed E-state index contributed by atoms with van der Waals surface area (Å²) >= 11 is 3.33.